The smallest absolute Gasteiger partial charge is 0.288 e. The van der Waals surface area contributed by atoms with Crippen molar-refractivity contribution in [1.82, 2.24) is 9.78 Å². The number of para-hydroxylation sites is 1. The third-order valence-corrected chi connectivity index (χ3v) is 5.74. The summed E-state index contributed by atoms with van der Waals surface area (Å²) in [4.78, 5) is 23.4. The summed E-state index contributed by atoms with van der Waals surface area (Å²) in [6, 6.07) is 19.1. The molecule has 0 radical (unpaired) electrons. The molecule has 0 bridgehead atoms. The van der Waals surface area contributed by atoms with Gasteiger partial charge in [0.15, 0.2) is 17.3 Å². The number of rotatable bonds is 6. The molecule has 3 aromatic carbocycles. The summed E-state index contributed by atoms with van der Waals surface area (Å²) in [6.45, 7) is 0.956. The molecule has 0 aliphatic carbocycles. The van der Waals surface area contributed by atoms with E-state index < -0.39 is 10.7 Å². The predicted molar refractivity (Wildman–Crippen MR) is 131 cm³/mol. The highest BCUT2D eigenvalue weighted by molar-refractivity contribution is 6.32. The van der Waals surface area contributed by atoms with E-state index in [1.807, 2.05) is 54.7 Å². The second-order valence-electron chi connectivity index (χ2n) is 7.69. The SMILES string of the molecule is O=C(C=Cc1cn(-c2ccccc2)nc1-c1ccc2c(c1)OCCO2)c1ccc(Cl)c([N+](=O)[O-])c1. The first-order valence-corrected chi connectivity index (χ1v) is 11.1. The van der Waals surface area contributed by atoms with Crippen LogP contribution < -0.4 is 9.47 Å². The Hall–Kier alpha value is -4.43. The van der Waals surface area contributed by atoms with Crippen molar-refractivity contribution in [2.75, 3.05) is 13.2 Å². The van der Waals surface area contributed by atoms with Gasteiger partial charge in [0.05, 0.1) is 10.6 Å². The molecule has 0 unspecified atom stereocenters. The fourth-order valence-corrected chi connectivity index (χ4v) is 3.89. The zero-order valence-electron chi connectivity index (χ0n) is 18.3. The van der Waals surface area contributed by atoms with Crippen LogP contribution in [0.15, 0.2) is 79.0 Å². The van der Waals surface area contributed by atoms with Gasteiger partial charge in [-0.05, 0) is 54.6 Å². The highest BCUT2D eigenvalue weighted by Gasteiger charge is 2.18. The second kappa shape index (κ2) is 9.44. The Balaban J connectivity index is 1.53. The van der Waals surface area contributed by atoms with Gasteiger partial charge < -0.3 is 9.47 Å². The molecular formula is C26H18ClN3O5. The zero-order chi connectivity index (χ0) is 24.4. The maximum absolute atomic E-state index is 12.8. The topological polar surface area (TPSA) is 96.5 Å². The third-order valence-electron chi connectivity index (χ3n) is 5.42. The maximum atomic E-state index is 12.8. The minimum Gasteiger partial charge on any atom is -0.486 e. The van der Waals surface area contributed by atoms with Gasteiger partial charge in [0.25, 0.3) is 5.69 Å². The van der Waals surface area contributed by atoms with E-state index in [9.17, 15) is 14.9 Å². The van der Waals surface area contributed by atoms with Crippen LogP contribution in [0, 0.1) is 10.1 Å². The predicted octanol–water partition coefficient (Wildman–Crippen LogP) is 5.77. The normalized spacial score (nSPS) is 12.6. The van der Waals surface area contributed by atoms with E-state index in [1.54, 1.807) is 10.8 Å². The highest BCUT2D eigenvalue weighted by atomic mass is 35.5. The van der Waals surface area contributed by atoms with Gasteiger partial charge in [0.1, 0.15) is 23.9 Å². The number of carbonyl (C=O) groups excluding carboxylic acids is 1. The van der Waals surface area contributed by atoms with Crippen molar-refractivity contribution in [2.45, 2.75) is 0 Å². The summed E-state index contributed by atoms with van der Waals surface area (Å²) >= 11 is 5.87. The van der Waals surface area contributed by atoms with Crippen molar-refractivity contribution < 1.29 is 19.2 Å². The molecule has 0 N–H and O–H groups in total. The average molecular weight is 488 g/mol. The number of fused-ring (bicyclic) bond motifs is 1. The van der Waals surface area contributed by atoms with Crippen LogP contribution in [0.5, 0.6) is 11.5 Å². The van der Waals surface area contributed by atoms with Crippen LogP contribution >= 0.6 is 11.6 Å². The van der Waals surface area contributed by atoms with Gasteiger partial charge in [0.2, 0.25) is 0 Å². The first-order valence-electron chi connectivity index (χ1n) is 10.7. The number of hydrogen-bond donors (Lipinski definition) is 0. The summed E-state index contributed by atoms with van der Waals surface area (Å²) in [5.74, 6) is 0.895. The van der Waals surface area contributed by atoms with Crippen molar-refractivity contribution in [3.63, 3.8) is 0 Å². The van der Waals surface area contributed by atoms with E-state index in [2.05, 4.69) is 0 Å². The molecule has 8 nitrogen and oxygen atoms in total. The molecular weight excluding hydrogens is 470 g/mol. The number of hydrogen-bond acceptors (Lipinski definition) is 6. The van der Waals surface area contributed by atoms with Crippen LogP contribution in [0.3, 0.4) is 0 Å². The molecule has 2 heterocycles. The van der Waals surface area contributed by atoms with Gasteiger partial charge in [-0.25, -0.2) is 4.68 Å². The molecule has 1 aliphatic rings. The van der Waals surface area contributed by atoms with E-state index in [0.717, 1.165) is 11.3 Å². The Labute approximate surface area is 205 Å². The minimum atomic E-state index is -0.618. The van der Waals surface area contributed by atoms with Crippen molar-refractivity contribution in [3.05, 3.63) is 105 Å². The van der Waals surface area contributed by atoms with E-state index >= 15 is 0 Å². The van der Waals surface area contributed by atoms with Gasteiger partial charge >= 0.3 is 0 Å². The molecule has 0 atom stereocenters. The van der Waals surface area contributed by atoms with Crippen molar-refractivity contribution in [2.24, 2.45) is 0 Å². The fraction of sp³-hybridized carbons (Fsp3) is 0.0769. The van der Waals surface area contributed by atoms with Crippen LogP contribution in [0.1, 0.15) is 15.9 Å². The van der Waals surface area contributed by atoms with E-state index in [0.29, 0.717) is 36.0 Å². The highest BCUT2D eigenvalue weighted by Crippen LogP contribution is 2.35. The Kier molecular flexibility index (Phi) is 6.03. The molecule has 0 fully saturated rings. The number of nitro groups is 1. The number of ketones is 1. The van der Waals surface area contributed by atoms with Gasteiger partial charge in [0, 0.05) is 29.0 Å². The van der Waals surface area contributed by atoms with Crippen LogP contribution in [-0.4, -0.2) is 33.7 Å². The van der Waals surface area contributed by atoms with Crippen molar-refractivity contribution >= 4 is 29.1 Å². The lowest BCUT2D eigenvalue weighted by molar-refractivity contribution is -0.384. The zero-order valence-corrected chi connectivity index (χ0v) is 19.0. The van der Waals surface area contributed by atoms with Crippen molar-refractivity contribution in [1.29, 1.82) is 0 Å². The molecule has 35 heavy (non-hydrogen) atoms. The number of aromatic nitrogens is 2. The molecule has 174 valence electrons. The Morgan fingerprint density at radius 2 is 1.80 bits per heavy atom. The first-order chi connectivity index (χ1) is 17.0. The number of carbonyl (C=O) groups is 1. The van der Waals surface area contributed by atoms with Gasteiger partial charge in [-0.15, -0.1) is 0 Å². The Morgan fingerprint density at radius 3 is 2.57 bits per heavy atom. The summed E-state index contributed by atoms with van der Waals surface area (Å²) in [7, 11) is 0. The Bertz CT molecular complexity index is 1460. The number of nitrogens with zero attached hydrogens (tertiary/aromatic N) is 3. The molecule has 1 aliphatic heterocycles. The van der Waals surface area contributed by atoms with Gasteiger partial charge in [-0.1, -0.05) is 29.8 Å². The fourth-order valence-electron chi connectivity index (χ4n) is 3.70. The molecule has 4 aromatic rings. The summed E-state index contributed by atoms with van der Waals surface area (Å²) in [5, 5.41) is 15.9. The lowest BCUT2D eigenvalue weighted by Gasteiger charge is -2.18. The van der Waals surface area contributed by atoms with Gasteiger partial charge in [-0.3, -0.25) is 14.9 Å². The Morgan fingerprint density at radius 1 is 1.03 bits per heavy atom. The number of ether oxygens (including phenoxy) is 2. The summed E-state index contributed by atoms with van der Waals surface area (Å²) in [5.41, 5.74) is 2.80. The van der Waals surface area contributed by atoms with Crippen LogP contribution in [-0.2, 0) is 0 Å². The number of allylic oxidation sites excluding steroid dienone is 1. The van der Waals surface area contributed by atoms with Gasteiger partial charge in [-0.2, -0.15) is 5.10 Å². The summed E-state index contributed by atoms with van der Waals surface area (Å²) in [6.07, 6.45) is 4.82. The molecule has 0 saturated carbocycles. The molecule has 9 heteroatoms. The standard InChI is InChI=1S/C26H18ClN3O5/c27-21-9-6-17(14-22(21)30(32)33)23(31)10-7-19-16-29(20-4-2-1-3-5-20)28-26(19)18-8-11-24-25(15-18)35-13-12-34-24/h1-11,14-16H,12-13H2. The van der Waals surface area contributed by atoms with E-state index in [4.69, 9.17) is 26.2 Å². The average Bonchev–Trinajstić information content (AvgIpc) is 3.32. The molecule has 5 rings (SSSR count). The molecule has 0 amide bonds. The van der Waals surface area contributed by atoms with E-state index in [-0.39, 0.29) is 16.3 Å². The second-order valence-corrected chi connectivity index (χ2v) is 8.10. The number of nitro benzene ring substituents is 1. The van der Waals surface area contributed by atoms with Crippen LogP contribution in [0.25, 0.3) is 23.0 Å². The maximum Gasteiger partial charge on any atom is 0.288 e. The lowest BCUT2D eigenvalue weighted by Crippen LogP contribution is -2.15. The lowest BCUT2D eigenvalue weighted by atomic mass is 10.1. The molecule has 1 aromatic heterocycles. The van der Waals surface area contributed by atoms with E-state index in [1.165, 1.54) is 24.3 Å². The summed E-state index contributed by atoms with van der Waals surface area (Å²) < 4.78 is 13.1. The quantitative estimate of drug-likeness (QED) is 0.148. The third kappa shape index (κ3) is 4.64. The van der Waals surface area contributed by atoms with Crippen LogP contribution in [0.4, 0.5) is 5.69 Å². The van der Waals surface area contributed by atoms with Crippen LogP contribution in [0.2, 0.25) is 5.02 Å². The number of halogens is 1. The largest absolute Gasteiger partial charge is 0.486 e. The first kappa shape index (κ1) is 22.4. The number of benzene rings is 3. The van der Waals surface area contributed by atoms with Crippen molar-refractivity contribution in [3.8, 4) is 28.4 Å². The monoisotopic (exact) mass is 487 g/mol. The molecule has 0 spiro atoms. The molecule has 0 saturated heterocycles. The minimum absolute atomic E-state index is 0.0273.